The fourth-order valence-electron chi connectivity index (χ4n) is 2.70. The number of benzene rings is 1. The Balaban J connectivity index is 2.05. The maximum Gasteiger partial charge on any atom is 0.00202 e. The van der Waals surface area contributed by atoms with Gasteiger partial charge in [-0.2, -0.15) is 0 Å². The first-order chi connectivity index (χ1) is 6.95. The second kappa shape index (κ2) is 3.25. The molecule has 0 aromatic heterocycles. The standard InChI is InChI=1S/C13H15N/c1-2-4-12-10(3-1)5-6-11-9-14-8-7-13(11)12/h1-6,11,13-14H,7-9H2. The minimum absolute atomic E-state index is 0.721. The van der Waals surface area contributed by atoms with Crippen molar-refractivity contribution in [3.05, 3.63) is 41.5 Å². The van der Waals surface area contributed by atoms with Crippen LogP contribution in [0.15, 0.2) is 30.3 Å². The summed E-state index contributed by atoms with van der Waals surface area (Å²) in [5.41, 5.74) is 2.98. The summed E-state index contributed by atoms with van der Waals surface area (Å²) >= 11 is 0. The Hall–Kier alpha value is -1.08. The van der Waals surface area contributed by atoms with Crippen molar-refractivity contribution in [3.8, 4) is 0 Å². The van der Waals surface area contributed by atoms with Crippen LogP contribution >= 0.6 is 0 Å². The van der Waals surface area contributed by atoms with Gasteiger partial charge >= 0.3 is 0 Å². The molecule has 1 aliphatic heterocycles. The van der Waals surface area contributed by atoms with Crippen LogP contribution in [-0.2, 0) is 0 Å². The minimum atomic E-state index is 0.721. The molecule has 0 amide bonds. The average molecular weight is 185 g/mol. The van der Waals surface area contributed by atoms with E-state index in [1.54, 1.807) is 5.56 Å². The molecule has 2 atom stereocenters. The van der Waals surface area contributed by atoms with Crippen LogP contribution in [0.3, 0.4) is 0 Å². The Morgan fingerprint density at radius 1 is 1.21 bits per heavy atom. The molecule has 1 aromatic rings. The number of nitrogens with one attached hydrogen (secondary N) is 1. The normalized spacial score (nSPS) is 29.4. The highest BCUT2D eigenvalue weighted by Crippen LogP contribution is 2.37. The van der Waals surface area contributed by atoms with Crippen molar-refractivity contribution >= 4 is 6.08 Å². The molecule has 1 aliphatic carbocycles. The van der Waals surface area contributed by atoms with Crippen molar-refractivity contribution in [3.63, 3.8) is 0 Å². The summed E-state index contributed by atoms with van der Waals surface area (Å²) in [4.78, 5) is 0. The van der Waals surface area contributed by atoms with E-state index in [1.165, 1.54) is 18.5 Å². The SMILES string of the molecule is C1=CC2CNCCC2c2ccccc21. The van der Waals surface area contributed by atoms with Crippen molar-refractivity contribution in [2.45, 2.75) is 12.3 Å². The first-order valence-corrected chi connectivity index (χ1v) is 5.43. The van der Waals surface area contributed by atoms with Crippen LogP contribution in [0.4, 0.5) is 0 Å². The molecule has 14 heavy (non-hydrogen) atoms. The van der Waals surface area contributed by atoms with E-state index in [9.17, 15) is 0 Å². The number of rotatable bonds is 0. The molecule has 0 bridgehead atoms. The molecule has 1 saturated heterocycles. The summed E-state index contributed by atoms with van der Waals surface area (Å²) in [6.45, 7) is 2.32. The lowest BCUT2D eigenvalue weighted by molar-refractivity contribution is 0.378. The molecule has 0 saturated carbocycles. The lowest BCUT2D eigenvalue weighted by Crippen LogP contribution is -2.35. The molecule has 2 aliphatic rings. The Kier molecular flexibility index (Phi) is 1.91. The molecule has 72 valence electrons. The van der Waals surface area contributed by atoms with Crippen molar-refractivity contribution in [2.24, 2.45) is 5.92 Å². The Morgan fingerprint density at radius 3 is 3.14 bits per heavy atom. The molecule has 2 unspecified atom stereocenters. The first kappa shape index (κ1) is 8.25. The van der Waals surface area contributed by atoms with E-state index in [1.807, 2.05) is 0 Å². The van der Waals surface area contributed by atoms with Crippen LogP contribution < -0.4 is 5.32 Å². The summed E-state index contributed by atoms with van der Waals surface area (Å²) in [5.74, 6) is 1.48. The molecule has 0 spiro atoms. The van der Waals surface area contributed by atoms with Gasteiger partial charge in [0.1, 0.15) is 0 Å². The molecule has 1 heterocycles. The Bertz CT molecular complexity index is 367. The third-order valence-corrected chi connectivity index (χ3v) is 3.45. The number of piperidine rings is 1. The number of hydrogen-bond donors (Lipinski definition) is 1. The smallest absolute Gasteiger partial charge is 0.00202 e. The van der Waals surface area contributed by atoms with E-state index in [0.29, 0.717) is 0 Å². The second-order valence-corrected chi connectivity index (χ2v) is 4.25. The molecule has 0 radical (unpaired) electrons. The highest BCUT2D eigenvalue weighted by molar-refractivity contribution is 5.58. The van der Waals surface area contributed by atoms with E-state index in [0.717, 1.165) is 18.4 Å². The third-order valence-electron chi connectivity index (χ3n) is 3.45. The lowest BCUT2D eigenvalue weighted by atomic mass is 9.76. The highest BCUT2D eigenvalue weighted by Gasteiger charge is 2.27. The van der Waals surface area contributed by atoms with Crippen LogP contribution in [0.25, 0.3) is 6.08 Å². The molecule has 1 fully saturated rings. The van der Waals surface area contributed by atoms with Gasteiger partial charge in [-0.1, -0.05) is 36.4 Å². The van der Waals surface area contributed by atoms with E-state index >= 15 is 0 Å². The summed E-state index contributed by atoms with van der Waals surface area (Å²) in [5, 5.41) is 3.46. The predicted octanol–water partition coefficient (Wildman–Crippen LogP) is 2.41. The van der Waals surface area contributed by atoms with Crippen LogP contribution in [0.5, 0.6) is 0 Å². The topological polar surface area (TPSA) is 12.0 Å². The van der Waals surface area contributed by atoms with Gasteiger partial charge in [-0.25, -0.2) is 0 Å². The predicted molar refractivity (Wildman–Crippen MR) is 59.2 cm³/mol. The Labute approximate surface area is 84.8 Å². The average Bonchev–Trinajstić information content (AvgIpc) is 2.29. The zero-order chi connectivity index (χ0) is 9.38. The van der Waals surface area contributed by atoms with Gasteiger partial charge in [-0.15, -0.1) is 0 Å². The maximum atomic E-state index is 3.46. The van der Waals surface area contributed by atoms with E-state index in [4.69, 9.17) is 0 Å². The van der Waals surface area contributed by atoms with Crippen molar-refractivity contribution in [1.82, 2.24) is 5.32 Å². The van der Waals surface area contributed by atoms with Crippen molar-refractivity contribution in [1.29, 1.82) is 0 Å². The van der Waals surface area contributed by atoms with Crippen LogP contribution in [-0.4, -0.2) is 13.1 Å². The van der Waals surface area contributed by atoms with E-state index in [-0.39, 0.29) is 0 Å². The van der Waals surface area contributed by atoms with E-state index in [2.05, 4.69) is 41.7 Å². The Morgan fingerprint density at radius 2 is 2.14 bits per heavy atom. The quantitative estimate of drug-likeness (QED) is 0.654. The maximum absolute atomic E-state index is 3.46. The molecule has 1 heteroatoms. The number of hydrogen-bond acceptors (Lipinski definition) is 1. The van der Waals surface area contributed by atoms with Gasteiger partial charge in [-0.3, -0.25) is 0 Å². The molecular weight excluding hydrogens is 170 g/mol. The zero-order valence-electron chi connectivity index (χ0n) is 8.24. The zero-order valence-corrected chi connectivity index (χ0v) is 8.24. The van der Waals surface area contributed by atoms with Gasteiger partial charge in [0, 0.05) is 6.54 Å². The van der Waals surface area contributed by atoms with Crippen molar-refractivity contribution < 1.29 is 0 Å². The lowest BCUT2D eigenvalue weighted by Gasteiger charge is -2.34. The number of fused-ring (bicyclic) bond motifs is 3. The first-order valence-electron chi connectivity index (χ1n) is 5.43. The highest BCUT2D eigenvalue weighted by atomic mass is 14.9. The molecule has 3 rings (SSSR count). The molecule has 1 nitrogen and oxygen atoms in total. The van der Waals surface area contributed by atoms with Gasteiger partial charge in [0.2, 0.25) is 0 Å². The molecule has 1 aromatic carbocycles. The second-order valence-electron chi connectivity index (χ2n) is 4.25. The van der Waals surface area contributed by atoms with E-state index < -0.39 is 0 Å². The monoisotopic (exact) mass is 185 g/mol. The third kappa shape index (κ3) is 1.20. The van der Waals surface area contributed by atoms with Gasteiger partial charge < -0.3 is 5.32 Å². The summed E-state index contributed by atoms with van der Waals surface area (Å²) in [6.07, 6.45) is 5.94. The van der Waals surface area contributed by atoms with Crippen LogP contribution in [0.1, 0.15) is 23.5 Å². The van der Waals surface area contributed by atoms with Gasteiger partial charge in [0.25, 0.3) is 0 Å². The summed E-state index contributed by atoms with van der Waals surface area (Å²) in [7, 11) is 0. The van der Waals surface area contributed by atoms with Crippen molar-refractivity contribution in [2.75, 3.05) is 13.1 Å². The fourth-order valence-corrected chi connectivity index (χ4v) is 2.70. The fraction of sp³-hybridized carbons (Fsp3) is 0.385. The van der Waals surface area contributed by atoms with Gasteiger partial charge in [-0.05, 0) is 35.9 Å². The van der Waals surface area contributed by atoms with Crippen LogP contribution in [0, 0.1) is 5.92 Å². The summed E-state index contributed by atoms with van der Waals surface area (Å²) < 4.78 is 0. The largest absolute Gasteiger partial charge is 0.316 e. The van der Waals surface area contributed by atoms with Gasteiger partial charge in [0.05, 0.1) is 0 Å². The summed E-state index contributed by atoms with van der Waals surface area (Å²) in [6, 6.07) is 8.81. The molecule has 1 N–H and O–H groups in total. The van der Waals surface area contributed by atoms with Gasteiger partial charge in [0.15, 0.2) is 0 Å². The van der Waals surface area contributed by atoms with Crippen LogP contribution in [0.2, 0.25) is 0 Å². The molecular formula is C13H15N. The minimum Gasteiger partial charge on any atom is -0.316 e.